The van der Waals surface area contributed by atoms with Gasteiger partial charge in [-0.2, -0.15) is 13.2 Å². The molecule has 17 heavy (non-hydrogen) atoms. The summed E-state index contributed by atoms with van der Waals surface area (Å²) in [4.78, 5) is 0.319. The van der Waals surface area contributed by atoms with E-state index in [9.17, 15) is 13.2 Å². The van der Waals surface area contributed by atoms with Gasteiger partial charge in [0.1, 0.15) is 0 Å². The largest absolute Gasteiger partial charge is 0.446 e. The molecule has 1 N–H and O–H groups in total. The van der Waals surface area contributed by atoms with Crippen molar-refractivity contribution in [3.63, 3.8) is 0 Å². The second kappa shape index (κ2) is 5.31. The van der Waals surface area contributed by atoms with E-state index in [1.54, 1.807) is 24.3 Å². The minimum absolute atomic E-state index is 0.0190. The van der Waals surface area contributed by atoms with Crippen molar-refractivity contribution in [3.05, 3.63) is 29.8 Å². The molecule has 0 unspecified atom stereocenters. The van der Waals surface area contributed by atoms with Crippen molar-refractivity contribution in [1.82, 2.24) is 5.32 Å². The van der Waals surface area contributed by atoms with Crippen LogP contribution in [0.2, 0.25) is 0 Å². The lowest BCUT2D eigenvalue weighted by Gasteiger charge is -2.25. The molecule has 2 rings (SSSR count). The Kier molecular flexibility index (Phi) is 3.99. The smallest absolute Gasteiger partial charge is 0.310 e. The normalized spacial score (nSPS) is 21.5. The van der Waals surface area contributed by atoms with Gasteiger partial charge in [0.05, 0.1) is 0 Å². The lowest BCUT2D eigenvalue weighted by atomic mass is 9.98. The van der Waals surface area contributed by atoms with E-state index in [4.69, 9.17) is 0 Å². The Hall–Kier alpha value is -0.680. The Morgan fingerprint density at radius 1 is 1.18 bits per heavy atom. The maximum absolute atomic E-state index is 12.4. The molecule has 94 valence electrons. The number of piperidine rings is 1. The average molecular weight is 261 g/mol. The van der Waals surface area contributed by atoms with E-state index in [1.165, 1.54) is 0 Å². The molecule has 1 nitrogen and oxygen atoms in total. The number of hydrogen-bond donors (Lipinski definition) is 1. The summed E-state index contributed by atoms with van der Waals surface area (Å²) in [6.07, 6.45) is 3.09. The molecule has 1 aromatic carbocycles. The fourth-order valence-corrected chi connectivity index (χ4v) is 2.83. The van der Waals surface area contributed by atoms with Crippen LogP contribution in [0, 0.1) is 0 Å². The Bertz CT molecular complexity index is 372. The lowest BCUT2D eigenvalue weighted by molar-refractivity contribution is -0.0328. The molecule has 0 saturated carbocycles. The zero-order valence-corrected chi connectivity index (χ0v) is 10.1. The molecule has 0 amide bonds. The molecular weight excluding hydrogens is 247 g/mol. The number of thioether (sulfide) groups is 1. The molecule has 0 spiro atoms. The highest BCUT2D eigenvalue weighted by Gasteiger charge is 2.31. The number of nitrogens with one attached hydrogen (secondary N) is 1. The average Bonchev–Trinajstić information content (AvgIpc) is 2.29. The zero-order chi connectivity index (χ0) is 12.3. The standard InChI is InChI=1S/C12H14F3NS/c13-12(14,15)17-11-7-2-1-5-9(11)10-6-3-4-8-16-10/h1-2,5,7,10,16H,3-4,6,8H2/t10-/m1/s1. The number of hydrogen-bond acceptors (Lipinski definition) is 2. The van der Waals surface area contributed by atoms with Gasteiger partial charge in [0, 0.05) is 10.9 Å². The van der Waals surface area contributed by atoms with Crippen LogP contribution < -0.4 is 5.32 Å². The second-order valence-corrected chi connectivity index (χ2v) is 5.19. The topological polar surface area (TPSA) is 12.0 Å². The summed E-state index contributed by atoms with van der Waals surface area (Å²) in [5.41, 5.74) is -3.44. The molecule has 1 aromatic rings. The van der Waals surface area contributed by atoms with Gasteiger partial charge in [0.25, 0.3) is 0 Å². The first kappa shape index (κ1) is 12.8. The lowest BCUT2D eigenvalue weighted by Crippen LogP contribution is -2.27. The van der Waals surface area contributed by atoms with E-state index >= 15 is 0 Å². The Morgan fingerprint density at radius 3 is 2.59 bits per heavy atom. The predicted molar refractivity (Wildman–Crippen MR) is 62.9 cm³/mol. The van der Waals surface area contributed by atoms with Gasteiger partial charge in [0.15, 0.2) is 0 Å². The number of benzene rings is 1. The van der Waals surface area contributed by atoms with Crippen molar-refractivity contribution in [2.24, 2.45) is 0 Å². The summed E-state index contributed by atoms with van der Waals surface area (Å²) in [5, 5.41) is 3.28. The first-order chi connectivity index (χ1) is 8.06. The highest BCUT2D eigenvalue weighted by molar-refractivity contribution is 8.00. The molecule has 1 atom stereocenters. The van der Waals surface area contributed by atoms with Gasteiger partial charge in [-0.25, -0.2) is 0 Å². The third kappa shape index (κ3) is 3.64. The van der Waals surface area contributed by atoms with Crippen molar-refractivity contribution in [3.8, 4) is 0 Å². The number of halogens is 3. The molecule has 1 saturated heterocycles. The molecular formula is C12H14F3NS. The van der Waals surface area contributed by atoms with Crippen molar-refractivity contribution in [1.29, 1.82) is 0 Å². The van der Waals surface area contributed by atoms with Crippen molar-refractivity contribution < 1.29 is 13.2 Å². The Morgan fingerprint density at radius 2 is 1.94 bits per heavy atom. The zero-order valence-electron chi connectivity index (χ0n) is 9.26. The van der Waals surface area contributed by atoms with Crippen LogP contribution >= 0.6 is 11.8 Å². The van der Waals surface area contributed by atoms with Gasteiger partial charge >= 0.3 is 5.51 Å². The molecule has 0 aromatic heterocycles. The first-order valence-corrected chi connectivity index (χ1v) is 6.46. The summed E-state index contributed by atoms with van der Waals surface area (Å²) in [7, 11) is 0. The monoisotopic (exact) mass is 261 g/mol. The number of alkyl halides is 3. The molecule has 0 bridgehead atoms. The Labute approximate surface area is 103 Å². The third-order valence-corrected chi connectivity index (χ3v) is 3.65. The van der Waals surface area contributed by atoms with E-state index in [0.29, 0.717) is 4.90 Å². The molecule has 0 radical (unpaired) electrons. The second-order valence-electron chi connectivity index (χ2n) is 4.09. The van der Waals surface area contributed by atoms with E-state index in [1.807, 2.05) is 0 Å². The molecule has 0 aliphatic carbocycles. The van der Waals surface area contributed by atoms with Crippen molar-refractivity contribution in [2.45, 2.75) is 35.7 Å². The van der Waals surface area contributed by atoms with E-state index in [-0.39, 0.29) is 17.8 Å². The van der Waals surface area contributed by atoms with Gasteiger partial charge in [-0.1, -0.05) is 24.6 Å². The van der Waals surface area contributed by atoms with Gasteiger partial charge in [-0.15, -0.1) is 0 Å². The Balaban J connectivity index is 2.20. The van der Waals surface area contributed by atoms with Gasteiger partial charge in [-0.05, 0) is 42.8 Å². The predicted octanol–water partition coefficient (Wildman–Crippen LogP) is 4.11. The first-order valence-electron chi connectivity index (χ1n) is 5.64. The molecule has 1 aliphatic heterocycles. The summed E-state index contributed by atoms with van der Waals surface area (Å²) in [5.74, 6) is 0. The highest BCUT2D eigenvalue weighted by Crippen LogP contribution is 2.41. The summed E-state index contributed by atoms with van der Waals surface area (Å²) in [6.45, 7) is 0.885. The third-order valence-electron chi connectivity index (χ3n) is 2.83. The van der Waals surface area contributed by atoms with Crippen LogP contribution in [0.15, 0.2) is 29.2 Å². The molecule has 1 heterocycles. The minimum Gasteiger partial charge on any atom is -0.310 e. The van der Waals surface area contributed by atoms with Crippen molar-refractivity contribution >= 4 is 11.8 Å². The fraction of sp³-hybridized carbons (Fsp3) is 0.500. The van der Waals surface area contributed by atoms with Crippen LogP contribution in [0.1, 0.15) is 30.9 Å². The molecule has 5 heteroatoms. The fourth-order valence-electron chi connectivity index (χ4n) is 2.10. The highest BCUT2D eigenvalue weighted by atomic mass is 32.2. The van der Waals surface area contributed by atoms with Crippen LogP contribution in [0.5, 0.6) is 0 Å². The summed E-state index contributed by atoms with van der Waals surface area (Å²) in [6, 6.07) is 6.85. The van der Waals surface area contributed by atoms with Gasteiger partial charge in [0.2, 0.25) is 0 Å². The molecule has 1 aliphatic rings. The quantitative estimate of drug-likeness (QED) is 0.804. The minimum atomic E-state index is -4.22. The SMILES string of the molecule is FC(F)(F)Sc1ccccc1[C@H]1CCCCN1. The van der Waals surface area contributed by atoms with Gasteiger partial charge < -0.3 is 5.32 Å². The van der Waals surface area contributed by atoms with Crippen LogP contribution in [0.3, 0.4) is 0 Å². The maximum atomic E-state index is 12.4. The maximum Gasteiger partial charge on any atom is 0.446 e. The van der Waals surface area contributed by atoms with Crippen LogP contribution in [-0.2, 0) is 0 Å². The summed E-state index contributed by atoms with van der Waals surface area (Å²) < 4.78 is 37.3. The van der Waals surface area contributed by atoms with Crippen molar-refractivity contribution in [2.75, 3.05) is 6.54 Å². The van der Waals surface area contributed by atoms with E-state index in [0.717, 1.165) is 31.4 Å². The van der Waals surface area contributed by atoms with Crippen LogP contribution in [-0.4, -0.2) is 12.1 Å². The van der Waals surface area contributed by atoms with Gasteiger partial charge in [-0.3, -0.25) is 0 Å². The van der Waals surface area contributed by atoms with E-state index < -0.39 is 5.51 Å². The molecule has 1 fully saturated rings. The van der Waals surface area contributed by atoms with Crippen LogP contribution in [0.4, 0.5) is 13.2 Å². The number of rotatable bonds is 2. The summed E-state index contributed by atoms with van der Waals surface area (Å²) >= 11 is -0.0190. The van der Waals surface area contributed by atoms with E-state index in [2.05, 4.69) is 5.32 Å². The van der Waals surface area contributed by atoms with Crippen LogP contribution in [0.25, 0.3) is 0 Å².